The van der Waals surface area contributed by atoms with E-state index >= 15 is 0 Å². The fourth-order valence-corrected chi connectivity index (χ4v) is 4.01. The zero-order valence-electron chi connectivity index (χ0n) is 18.9. The number of amides is 1. The van der Waals surface area contributed by atoms with Crippen LogP contribution in [0.2, 0.25) is 0 Å². The van der Waals surface area contributed by atoms with E-state index < -0.39 is 5.97 Å². The molecule has 6 heteroatoms. The van der Waals surface area contributed by atoms with Gasteiger partial charge in [0.2, 0.25) is 0 Å². The highest BCUT2D eigenvalue weighted by Crippen LogP contribution is 2.34. The molecule has 0 atom stereocenters. The molecular formula is C25H28N2O4. The number of carbonyl (C=O) groups excluding carboxylic acids is 2. The number of aryl methyl sites for hydroxylation is 2. The van der Waals surface area contributed by atoms with Crippen molar-refractivity contribution >= 4 is 18.0 Å². The van der Waals surface area contributed by atoms with Crippen molar-refractivity contribution in [3.8, 4) is 11.4 Å². The Morgan fingerprint density at radius 1 is 1.13 bits per heavy atom. The summed E-state index contributed by atoms with van der Waals surface area (Å²) in [6.45, 7) is 11.8. The standard InChI is InChI=1S/C25H28N2O4/c1-8-11-26-18(5)23(25(29)31-7)20(24(26)28)14-19-13-16(3)27(17(19)4)21-12-15(2)9-10-22(21)30-6/h8-10,12-14H,1,11H2,2-7H3/b20-14-. The Morgan fingerprint density at radius 3 is 2.45 bits per heavy atom. The van der Waals surface area contributed by atoms with Crippen LogP contribution in [0.15, 0.2) is 53.8 Å². The molecule has 0 radical (unpaired) electrons. The van der Waals surface area contributed by atoms with Gasteiger partial charge in [0.05, 0.1) is 31.1 Å². The fourth-order valence-electron chi connectivity index (χ4n) is 4.01. The number of nitrogens with zero attached hydrogens (tertiary/aromatic N) is 2. The van der Waals surface area contributed by atoms with Gasteiger partial charge < -0.3 is 18.9 Å². The first kappa shape index (κ1) is 22.2. The van der Waals surface area contributed by atoms with Crippen LogP contribution in [0, 0.1) is 20.8 Å². The summed E-state index contributed by atoms with van der Waals surface area (Å²) in [5.74, 6) is -0.0137. The normalized spacial score (nSPS) is 15.1. The second-order valence-corrected chi connectivity index (χ2v) is 7.55. The molecular weight excluding hydrogens is 392 g/mol. The summed E-state index contributed by atoms with van der Waals surface area (Å²) in [6.07, 6.45) is 3.40. The molecule has 31 heavy (non-hydrogen) atoms. The van der Waals surface area contributed by atoms with Crippen molar-refractivity contribution in [2.75, 3.05) is 20.8 Å². The number of aromatic nitrogens is 1. The van der Waals surface area contributed by atoms with E-state index in [1.807, 2.05) is 39.0 Å². The van der Waals surface area contributed by atoms with Crippen LogP contribution in [-0.4, -0.2) is 42.1 Å². The Kier molecular flexibility index (Phi) is 6.20. The summed E-state index contributed by atoms with van der Waals surface area (Å²) in [5.41, 5.74) is 5.98. The topological polar surface area (TPSA) is 60.8 Å². The number of methoxy groups -OCH3 is 2. The molecule has 1 aromatic heterocycles. The van der Waals surface area contributed by atoms with Crippen LogP contribution >= 0.6 is 0 Å². The van der Waals surface area contributed by atoms with E-state index in [0.717, 1.165) is 34.0 Å². The summed E-state index contributed by atoms with van der Waals surface area (Å²) in [5, 5.41) is 0. The maximum absolute atomic E-state index is 13.1. The largest absolute Gasteiger partial charge is 0.495 e. The minimum atomic E-state index is -0.530. The average molecular weight is 421 g/mol. The molecule has 0 fully saturated rings. The van der Waals surface area contributed by atoms with Crippen LogP contribution in [0.1, 0.15) is 29.4 Å². The van der Waals surface area contributed by atoms with Crippen LogP contribution < -0.4 is 4.74 Å². The van der Waals surface area contributed by atoms with Gasteiger partial charge in [0, 0.05) is 23.6 Å². The van der Waals surface area contributed by atoms with Gasteiger partial charge in [0.25, 0.3) is 5.91 Å². The van der Waals surface area contributed by atoms with Crippen LogP contribution in [0.4, 0.5) is 0 Å². The Labute approximate surface area is 183 Å². The minimum absolute atomic E-state index is 0.240. The van der Waals surface area contributed by atoms with Gasteiger partial charge in [-0.05, 0) is 63.1 Å². The summed E-state index contributed by atoms with van der Waals surface area (Å²) < 4.78 is 12.6. The summed E-state index contributed by atoms with van der Waals surface area (Å²) in [4.78, 5) is 27.1. The lowest BCUT2D eigenvalue weighted by Gasteiger charge is -2.15. The second kappa shape index (κ2) is 8.68. The first-order valence-corrected chi connectivity index (χ1v) is 10.0. The van der Waals surface area contributed by atoms with Crippen LogP contribution in [0.25, 0.3) is 11.8 Å². The van der Waals surface area contributed by atoms with E-state index in [-0.39, 0.29) is 11.5 Å². The summed E-state index contributed by atoms with van der Waals surface area (Å²) >= 11 is 0. The lowest BCUT2D eigenvalue weighted by molar-refractivity contribution is -0.136. The molecule has 1 amide bonds. The monoisotopic (exact) mass is 420 g/mol. The summed E-state index contributed by atoms with van der Waals surface area (Å²) in [6, 6.07) is 8.00. The highest BCUT2D eigenvalue weighted by Gasteiger charge is 2.36. The number of carbonyl (C=O) groups is 2. The molecule has 0 spiro atoms. The Morgan fingerprint density at radius 2 is 1.84 bits per heavy atom. The fraction of sp³-hybridized carbons (Fsp3) is 0.280. The molecule has 0 saturated carbocycles. The van der Waals surface area contributed by atoms with Crippen molar-refractivity contribution in [2.45, 2.75) is 27.7 Å². The number of benzene rings is 1. The molecule has 0 N–H and O–H groups in total. The first-order chi connectivity index (χ1) is 14.7. The van der Waals surface area contributed by atoms with Gasteiger partial charge in [-0.2, -0.15) is 0 Å². The predicted molar refractivity (Wildman–Crippen MR) is 121 cm³/mol. The zero-order valence-corrected chi connectivity index (χ0v) is 18.9. The smallest absolute Gasteiger partial charge is 0.340 e. The van der Waals surface area contributed by atoms with Crippen molar-refractivity contribution in [1.82, 2.24) is 9.47 Å². The third kappa shape index (κ3) is 3.81. The molecule has 3 rings (SSSR count). The third-order valence-corrected chi connectivity index (χ3v) is 5.56. The van der Waals surface area contributed by atoms with Crippen LogP contribution in [-0.2, 0) is 14.3 Å². The second-order valence-electron chi connectivity index (χ2n) is 7.55. The maximum atomic E-state index is 13.1. The van der Waals surface area contributed by atoms with Crippen molar-refractivity contribution in [3.63, 3.8) is 0 Å². The molecule has 0 bridgehead atoms. The highest BCUT2D eigenvalue weighted by molar-refractivity contribution is 6.16. The van der Waals surface area contributed by atoms with E-state index in [1.165, 1.54) is 12.0 Å². The lowest BCUT2D eigenvalue weighted by atomic mass is 10.0. The van der Waals surface area contributed by atoms with Crippen LogP contribution in [0.5, 0.6) is 5.75 Å². The van der Waals surface area contributed by atoms with Gasteiger partial charge in [0.15, 0.2) is 0 Å². The number of hydrogen-bond donors (Lipinski definition) is 0. The lowest BCUT2D eigenvalue weighted by Crippen LogP contribution is -2.25. The van der Waals surface area contributed by atoms with Gasteiger partial charge in [0.1, 0.15) is 5.75 Å². The SMILES string of the molecule is C=CCN1C(=O)/C(=C\c2cc(C)n(-c3cc(C)ccc3OC)c2C)C(C(=O)OC)=C1C. The van der Waals surface area contributed by atoms with Gasteiger partial charge in [-0.15, -0.1) is 6.58 Å². The number of esters is 1. The number of rotatable bonds is 6. The van der Waals surface area contributed by atoms with Gasteiger partial charge in [-0.25, -0.2) is 4.79 Å². The quantitative estimate of drug-likeness (QED) is 0.398. The van der Waals surface area contributed by atoms with Gasteiger partial charge in [-0.1, -0.05) is 12.1 Å². The Balaban J connectivity index is 2.18. The molecule has 1 aliphatic rings. The number of allylic oxidation sites excluding steroid dienone is 1. The Bertz CT molecular complexity index is 1130. The Hall–Kier alpha value is -3.54. The number of ether oxygens (including phenoxy) is 2. The van der Waals surface area contributed by atoms with Crippen molar-refractivity contribution < 1.29 is 19.1 Å². The van der Waals surface area contributed by atoms with Crippen molar-refractivity contribution in [2.24, 2.45) is 0 Å². The molecule has 6 nitrogen and oxygen atoms in total. The average Bonchev–Trinajstić information content (AvgIpc) is 3.15. The minimum Gasteiger partial charge on any atom is -0.495 e. The molecule has 2 heterocycles. The third-order valence-electron chi connectivity index (χ3n) is 5.56. The van der Waals surface area contributed by atoms with Crippen molar-refractivity contribution in [3.05, 3.63) is 76.3 Å². The van der Waals surface area contributed by atoms with E-state index in [4.69, 9.17) is 9.47 Å². The van der Waals surface area contributed by atoms with E-state index in [9.17, 15) is 9.59 Å². The summed E-state index contributed by atoms with van der Waals surface area (Å²) in [7, 11) is 2.96. The molecule has 162 valence electrons. The molecule has 0 saturated heterocycles. The molecule has 2 aromatic rings. The van der Waals surface area contributed by atoms with E-state index in [1.54, 1.807) is 26.2 Å². The molecule has 1 aliphatic heterocycles. The predicted octanol–water partition coefficient (Wildman–Crippen LogP) is 4.27. The van der Waals surface area contributed by atoms with Crippen LogP contribution in [0.3, 0.4) is 0 Å². The van der Waals surface area contributed by atoms with Gasteiger partial charge >= 0.3 is 5.97 Å². The van der Waals surface area contributed by atoms with Gasteiger partial charge in [-0.3, -0.25) is 4.79 Å². The zero-order chi connectivity index (χ0) is 22.9. The van der Waals surface area contributed by atoms with E-state index in [0.29, 0.717) is 17.8 Å². The molecule has 0 aliphatic carbocycles. The van der Waals surface area contributed by atoms with Crippen molar-refractivity contribution in [1.29, 1.82) is 0 Å². The number of hydrogen-bond acceptors (Lipinski definition) is 4. The highest BCUT2D eigenvalue weighted by atomic mass is 16.5. The molecule has 1 aromatic carbocycles. The molecule has 0 unspecified atom stereocenters. The maximum Gasteiger partial charge on any atom is 0.340 e. The first-order valence-electron chi connectivity index (χ1n) is 10.0. The van der Waals surface area contributed by atoms with E-state index in [2.05, 4.69) is 17.2 Å².